The van der Waals surface area contributed by atoms with Crippen LogP contribution in [-0.2, 0) is 20.7 Å². The number of carbonyl (C=O) groups excluding carboxylic acids is 2. The lowest BCUT2D eigenvalue weighted by atomic mass is 10.1. The Bertz CT molecular complexity index is 514. The van der Waals surface area contributed by atoms with Crippen molar-refractivity contribution in [1.82, 2.24) is 5.32 Å². The lowest BCUT2D eigenvalue weighted by Crippen LogP contribution is -2.25. The van der Waals surface area contributed by atoms with Gasteiger partial charge in [0.15, 0.2) is 0 Å². The van der Waals surface area contributed by atoms with E-state index in [4.69, 9.17) is 16.3 Å². The molecule has 108 valence electrons. The van der Waals surface area contributed by atoms with Gasteiger partial charge in [0.1, 0.15) is 5.75 Å². The highest BCUT2D eigenvalue weighted by atomic mass is 35.5. The lowest BCUT2D eigenvalue weighted by Gasteiger charge is -2.08. The third-order valence-electron chi connectivity index (χ3n) is 2.47. The van der Waals surface area contributed by atoms with Gasteiger partial charge in [-0.15, -0.1) is 0 Å². The summed E-state index contributed by atoms with van der Waals surface area (Å²) >= 11 is 5.89. The molecule has 0 saturated carbocycles. The zero-order valence-electron chi connectivity index (χ0n) is 11.3. The van der Waals surface area contributed by atoms with Crippen LogP contribution in [-0.4, -0.2) is 32.6 Å². The Morgan fingerprint density at radius 2 is 2.10 bits per heavy atom. The minimum absolute atomic E-state index is 0.149. The van der Waals surface area contributed by atoms with Crippen molar-refractivity contribution >= 4 is 23.5 Å². The molecule has 1 aromatic carbocycles. The van der Waals surface area contributed by atoms with Gasteiger partial charge < -0.3 is 14.8 Å². The van der Waals surface area contributed by atoms with E-state index in [1.807, 2.05) is 0 Å². The van der Waals surface area contributed by atoms with E-state index < -0.39 is 5.97 Å². The number of halogens is 1. The molecule has 20 heavy (non-hydrogen) atoms. The maximum absolute atomic E-state index is 11.7. The first kappa shape index (κ1) is 16.0. The number of hydrogen-bond acceptors (Lipinski definition) is 4. The van der Waals surface area contributed by atoms with Gasteiger partial charge >= 0.3 is 5.97 Å². The Hall–Kier alpha value is -2.01. The second-order valence-corrected chi connectivity index (χ2v) is 4.30. The Morgan fingerprint density at radius 1 is 1.35 bits per heavy atom. The van der Waals surface area contributed by atoms with E-state index in [9.17, 15) is 9.59 Å². The van der Waals surface area contributed by atoms with Gasteiger partial charge in [-0.25, -0.2) is 4.79 Å². The molecule has 0 heterocycles. The Morgan fingerprint density at radius 3 is 2.75 bits per heavy atom. The molecule has 0 fully saturated rings. The highest BCUT2D eigenvalue weighted by Crippen LogP contribution is 2.22. The number of benzene rings is 1. The summed E-state index contributed by atoms with van der Waals surface area (Å²) in [5, 5.41) is 3.19. The van der Waals surface area contributed by atoms with E-state index in [0.717, 1.165) is 0 Å². The van der Waals surface area contributed by atoms with E-state index in [2.05, 4.69) is 10.1 Å². The van der Waals surface area contributed by atoms with Crippen LogP contribution in [0.1, 0.15) is 5.56 Å². The van der Waals surface area contributed by atoms with Gasteiger partial charge in [0, 0.05) is 23.2 Å². The summed E-state index contributed by atoms with van der Waals surface area (Å²) in [6.07, 6.45) is 2.91. The smallest absolute Gasteiger partial charge is 0.330 e. The van der Waals surface area contributed by atoms with Gasteiger partial charge in [0.2, 0.25) is 5.91 Å². The first-order chi connectivity index (χ1) is 9.56. The molecule has 0 bridgehead atoms. The molecule has 0 saturated heterocycles. The summed E-state index contributed by atoms with van der Waals surface area (Å²) < 4.78 is 9.59. The van der Waals surface area contributed by atoms with Crippen molar-refractivity contribution in [3.63, 3.8) is 0 Å². The minimum Gasteiger partial charge on any atom is -0.496 e. The number of methoxy groups -OCH3 is 2. The van der Waals surface area contributed by atoms with Crippen LogP contribution in [0.15, 0.2) is 30.4 Å². The van der Waals surface area contributed by atoms with Crippen molar-refractivity contribution in [2.75, 3.05) is 20.8 Å². The number of amides is 1. The van der Waals surface area contributed by atoms with Gasteiger partial charge in [-0.2, -0.15) is 0 Å². The quantitative estimate of drug-likeness (QED) is 0.641. The average molecular weight is 298 g/mol. The summed E-state index contributed by atoms with van der Waals surface area (Å²) in [4.78, 5) is 22.6. The summed E-state index contributed by atoms with van der Waals surface area (Å²) in [5.41, 5.74) is 0.703. The fourth-order valence-corrected chi connectivity index (χ4v) is 1.71. The van der Waals surface area contributed by atoms with Crippen molar-refractivity contribution < 1.29 is 19.1 Å². The zero-order chi connectivity index (χ0) is 15.0. The highest BCUT2D eigenvalue weighted by Gasteiger charge is 2.08. The van der Waals surface area contributed by atoms with Crippen molar-refractivity contribution in [3.8, 4) is 5.75 Å². The van der Waals surface area contributed by atoms with Crippen LogP contribution in [0.25, 0.3) is 0 Å². The maximum Gasteiger partial charge on any atom is 0.330 e. The highest BCUT2D eigenvalue weighted by molar-refractivity contribution is 6.30. The molecule has 0 atom stereocenters. The fraction of sp³-hybridized carbons (Fsp3) is 0.286. The number of carbonyl (C=O) groups is 2. The van der Waals surface area contributed by atoms with Crippen LogP contribution in [0.5, 0.6) is 5.75 Å². The summed E-state index contributed by atoms with van der Waals surface area (Å²) in [6.45, 7) is 0.247. The normalized spacial score (nSPS) is 10.3. The molecule has 0 spiro atoms. The standard InChI is InChI=1S/C14H16ClNO4/c1-19-12-6-5-11(15)8-10(12)9-13(17)16-7-3-4-14(18)20-2/h3-6,8H,7,9H2,1-2H3,(H,16,17)/b4-3+. The lowest BCUT2D eigenvalue weighted by molar-refractivity contribution is -0.134. The van der Waals surface area contributed by atoms with E-state index in [1.165, 1.54) is 26.4 Å². The van der Waals surface area contributed by atoms with Gasteiger partial charge in [-0.3, -0.25) is 4.79 Å². The molecule has 0 aliphatic heterocycles. The van der Waals surface area contributed by atoms with Gasteiger partial charge in [-0.1, -0.05) is 17.7 Å². The molecular formula is C14H16ClNO4. The fourth-order valence-electron chi connectivity index (χ4n) is 1.52. The topological polar surface area (TPSA) is 64.6 Å². The van der Waals surface area contributed by atoms with Crippen LogP contribution >= 0.6 is 11.6 Å². The molecule has 1 rings (SSSR count). The van der Waals surface area contributed by atoms with Crippen LogP contribution in [0.4, 0.5) is 0 Å². The Kier molecular flexibility index (Phi) is 6.59. The summed E-state index contributed by atoms with van der Waals surface area (Å²) in [7, 11) is 2.82. The number of ether oxygens (including phenoxy) is 2. The van der Waals surface area contributed by atoms with E-state index in [0.29, 0.717) is 16.3 Å². The van der Waals surface area contributed by atoms with Crippen LogP contribution in [0.3, 0.4) is 0 Å². The first-order valence-corrected chi connectivity index (χ1v) is 6.28. The number of rotatable bonds is 6. The SMILES string of the molecule is COC(=O)/C=C/CNC(=O)Cc1cc(Cl)ccc1OC. The molecule has 0 aromatic heterocycles. The number of esters is 1. The molecule has 0 aliphatic carbocycles. The molecule has 0 unspecified atom stereocenters. The second-order valence-electron chi connectivity index (χ2n) is 3.86. The van der Waals surface area contributed by atoms with E-state index in [1.54, 1.807) is 18.2 Å². The molecule has 1 aromatic rings. The maximum atomic E-state index is 11.7. The second kappa shape index (κ2) is 8.22. The largest absolute Gasteiger partial charge is 0.496 e. The van der Waals surface area contributed by atoms with Crippen molar-refractivity contribution in [3.05, 3.63) is 40.9 Å². The monoisotopic (exact) mass is 297 g/mol. The molecule has 0 aliphatic rings. The van der Waals surface area contributed by atoms with Gasteiger partial charge in [-0.05, 0) is 18.2 Å². The number of nitrogens with one attached hydrogen (secondary N) is 1. The molecule has 0 radical (unpaired) electrons. The predicted molar refractivity (Wildman–Crippen MR) is 75.9 cm³/mol. The average Bonchev–Trinajstić information content (AvgIpc) is 2.43. The van der Waals surface area contributed by atoms with Gasteiger partial charge in [0.05, 0.1) is 20.6 Å². The van der Waals surface area contributed by atoms with Crippen molar-refractivity contribution in [1.29, 1.82) is 0 Å². The molecular weight excluding hydrogens is 282 g/mol. The molecule has 6 heteroatoms. The number of hydrogen-bond donors (Lipinski definition) is 1. The van der Waals surface area contributed by atoms with Gasteiger partial charge in [0.25, 0.3) is 0 Å². The zero-order valence-corrected chi connectivity index (χ0v) is 12.1. The van der Waals surface area contributed by atoms with E-state index >= 15 is 0 Å². The summed E-state index contributed by atoms with van der Waals surface area (Å²) in [6, 6.07) is 5.09. The predicted octanol–water partition coefficient (Wildman–Crippen LogP) is 1.74. The minimum atomic E-state index is -0.462. The van der Waals surface area contributed by atoms with Crippen molar-refractivity contribution in [2.24, 2.45) is 0 Å². The van der Waals surface area contributed by atoms with E-state index in [-0.39, 0.29) is 18.9 Å². The van der Waals surface area contributed by atoms with Crippen LogP contribution in [0.2, 0.25) is 5.02 Å². The third-order valence-corrected chi connectivity index (χ3v) is 2.70. The van der Waals surface area contributed by atoms with Crippen LogP contribution < -0.4 is 10.1 Å². The molecule has 1 amide bonds. The molecule has 5 nitrogen and oxygen atoms in total. The third kappa shape index (κ3) is 5.32. The Labute approximate surface area is 122 Å². The Balaban J connectivity index is 2.52. The first-order valence-electron chi connectivity index (χ1n) is 5.90. The summed E-state index contributed by atoms with van der Waals surface area (Å²) in [5.74, 6) is -0.0505. The van der Waals surface area contributed by atoms with Crippen LogP contribution in [0, 0.1) is 0 Å². The molecule has 1 N–H and O–H groups in total. The van der Waals surface area contributed by atoms with Crippen molar-refractivity contribution in [2.45, 2.75) is 6.42 Å².